The minimum absolute atomic E-state index is 0.0215. The number of amides is 1. The van der Waals surface area contributed by atoms with Crippen LogP contribution < -0.4 is 5.32 Å². The fourth-order valence-electron chi connectivity index (χ4n) is 3.63. The lowest BCUT2D eigenvalue weighted by Gasteiger charge is -2.19. The lowest BCUT2D eigenvalue weighted by atomic mass is 9.90. The third kappa shape index (κ3) is 3.35. The predicted octanol–water partition coefficient (Wildman–Crippen LogP) is 4.56. The van der Waals surface area contributed by atoms with Gasteiger partial charge in [0.05, 0.1) is 5.69 Å². The number of hydrogen-bond acceptors (Lipinski definition) is 2. The summed E-state index contributed by atoms with van der Waals surface area (Å²) in [6.07, 6.45) is 7.31. The standard InChI is InChI=1S/C19H24FN3O/c1-13-17(18(20)23(2)22-13)19(24)21-16-12-8-7-11-15(16)14-9-5-3-4-6-10-14/h7-8,11-12,14H,3-6,9-10H2,1-2H3,(H,21,24). The molecule has 128 valence electrons. The summed E-state index contributed by atoms with van der Waals surface area (Å²) in [5.74, 6) is -0.569. The van der Waals surface area contributed by atoms with Crippen LogP contribution in [0, 0.1) is 12.9 Å². The Labute approximate surface area is 142 Å². The molecule has 2 aromatic rings. The van der Waals surface area contributed by atoms with Gasteiger partial charge in [-0.25, -0.2) is 4.68 Å². The highest BCUT2D eigenvalue weighted by molar-refractivity contribution is 6.05. The molecule has 0 saturated heterocycles. The zero-order chi connectivity index (χ0) is 17.1. The smallest absolute Gasteiger partial charge is 0.262 e. The molecular weight excluding hydrogens is 305 g/mol. The largest absolute Gasteiger partial charge is 0.322 e. The van der Waals surface area contributed by atoms with E-state index < -0.39 is 11.9 Å². The maximum atomic E-state index is 14.1. The molecule has 0 spiro atoms. The Hall–Kier alpha value is -2.17. The van der Waals surface area contributed by atoms with Gasteiger partial charge in [-0.3, -0.25) is 4.79 Å². The summed E-state index contributed by atoms with van der Waals surface area (Å²) in [6, 6.07) is 7.90. The van der Waals surface area contributed by atoms with E-state index in [2.05, 4.69) is 16.5 Å². The minimum Gasteiger partial charge on any atom is -0.322 e. The molecule has 1 aromatic carbocycles. The van der Waals surface area contributed by atoms with Crippen LogP contribution in [0.3, 0.4) is 0 Å². The monoisotopic (exact) mass is 329 g/mol. The van der Waals surface area contributed by atoms with Gasteiger partial charge in [0, 0.05) is 12.7 Å². The molecule has 1 saturated carbocycles. The SMILES string of the molecule is Cc1nn(C)c(F)c1C(=O)Nc1ccccc1C1CCCCCC1. The molecule has 4 nitrogen and oxygen atoms in total. The normalized spacial score (nSPS) is 16.0. The quantitative estimate of drug-likeness (QED) is 0.839. The van der Waals surface area contributed by atoms with Crippen molar-refractivity contribution < 1.29 is 9.18 Å². The van der Waals surface area contributed by atoms with E-state index in [9.17, 15) is 9.18 Å². The molecular formula is C19H24FN3O. The van der Waals surface area contributed by atoms with Gasteiger partial charge in [0.2, 0.25) is 5.95 Å². The number of aryl methyl sites for hydroxylation is 2. The van der Waals surface area contributed by atoms with E-state index in [-0.39, 0.29) is 5.56 Å². The summed E-state index contributed by atoms with van der Waals surface area (Å²) in [6.45, 7) is 1.65. The molecule has 0 aliphatic heterocycles. The van der Waals surface area contributed by atoms with Gasteiger partial charge in [0.1, 0.15) is 5.56 Å². The van der Waals surface area contributed by atoms with Gasteiger partial charge in [0.15, 0.2) is 0 Å². The molecule has 5 heteroatoms. The van der Waals surface area contributed by atoms with Gasteiger partial charge < -0.3 is 5.32 Å². The zero-order valence-corrected chi connectivity index (χ0v) is 14.3. The maximum absolute atomic E-state index is 14.1. The number of benzene rings is 1. The number of hydrogen-bond donors (Lipinski definition) is 1. The van der Waals surface area contributed by atoms with Crippen molar-refractivity contribution in [1.29, 1.82) is 0 Å². The Balaban J connectivity index is 1.86. The number of anilines is 1. The highest BCUT2D eigenvalue weighted by atomic mass is 19.1. The van der Waals surface area contributed by atoms with E-state index in [1.807, 2.05) is 18.2 Å². The van der Waals surface area contributed by atoms with Crippen molar-refractivity contribution in [3.63, 3.8) is 0 Å². The van der Waals surface area contributed by atoms with Crippen molar-refractivity contribution in [3.05, 3.63) is 47.0 Å². The number of carbonyl (C=O) groups excluding carboxylic acids is 1. The number of nitrogens with zero attached hydrogens (tertiary/aromatic N) is 2. The van der Waals surface area contributed by atoms with E-state index >= 15 is 0 Å². The van der Waals surface area contributed by atoms with Gasteiger partial charge in [0.25, 0.3) is 5.91 Å². The van der Waals surface area contributed by atoms with E-state index in [0.29, 0.717) is 11.6 Å². The second kappa shape index (κ2) is 7.16. The Kier molecular flexibility index (Phi) is 4.97. The minimum atomic E-state index is -0.600. The fourth-order valence-corrected chi connectivity index (χ4v) is 3.63. The summed E-state index contributed by atoms with van der Waals surface area (Å²) in [5, 5.41) is 6.89. The topological polar surface area (TPSA) is 46.9 Å². The van der Waals surface area contributed by atoms with Crippen LogP contribution in [0.5, 0.6) is 0 Å². The molecule has 0 unspecified atom stereocenters. The van der Waals surface area contributed by atoms with Crippen molar-refractivity contribution in [2.75, 3.05) is 5.32 Å². The molecule has 0 radical (unpaired) electrons. The molecule has 3 rings (SSSR count). The first kappa shape index (κ1) is 16.7. The summed E-state index contributed by atoms with van der Waals surface area (Å²) in [5.41, 5.74) is 2.37. The Bertz CT molecular complexity index is 730. The summed E-state index contributed by atoms with van der Waals surface area (Å²) in [4.78, 5) is 12.6. The first-order valence-electron chi connectivity index (χ1n) is 8.67. The molecule has 0 bridgehead atoms. The molecule has 1 aromatic heterocycles. The van der Waals surface area contributed by atoms with Crippen LogP contribution in [0.15, 0.2) is 24.3 Å². The van der Waals surface area contributed by atoms with Gasteiger partial charge in [-0.15, -0.1) is 0 Å². The molecule has 1 aliphatic carbocycles. The average molecular weight is 329 g/mol. The first-order chi connectivity index (χ1) is 11.6. The van der Waals surface area contributed by atoms with Gasteiger partial charge >= 0.3 is 0 Å². The van der Waals surface area contributed by atoms with E-state index in [1.54, 1.807) is 6.92 Å². The van der Waals surface area contributed by atoms with Crippen LogP contribution in [-0.4, -0.2) is 15.7 Å². The molecule has 1 N–H and O–H groups in total. The van der Waals surface area contributed by atoms with Gasteiger partial charge in [-0.05, 0) is 37.3 Å². The summed E-state index contributed by atoms with van der Waals surface area (Å²) >= 11 is 0. The summed E-state index contributed by atoms with van der Waals surface area (Å²) in [7, 11) is 1.50. The average Bonchev–Trinajstić information content (AvgIpc) is 2.76. The Morgan fingerprint density at radius 3 is 2.50 bits per heavy atom. The van der Waals surface area contributed by atoms with E-state index in [1.165, 1.54) is 32.7 Å². The van der Waals surface area contributed by atoms with Crippen LogP contribution in [0.1, 0.15) is 66.1 Å². The number of carbonyl (C=O) groups is 1. The number of halogens is 1. The van der Waals surface area contributed by atoms with Crippen LogP contribution in [0.4, 0.5) is 10.1 Å². The number of rotatable bonds is 3. The second-order valence-corrected chi connectivity index (χ2v) is 6.60. The van der Waals surface area contributed by atoms with Gasteiger partial charge in [-0.1, -0.05) is 43.9 Å². The fraction of sp³-hybridized carbons (Fsp3) is 0.474. The lowest BCUT2D eigenvalue weighted by Crippen LogP contribution is -2.16. The third-order valence-electron chi connectivity index (χ3n) is 4.88. The van der Waals surface area contributed by atoms with Crippen LogP contribution in [0.2, 0.25) is 0 Å². The second-order valence-electron chi connectivity index (χ2n) is 6.60. The van der Waals surface area contributed by atoms with Crippen molar-refractivity contribution >= 4 is 11.6 Å². The number of nitrogens with one attached hydrogen (secondary N) is 1. The number of para-hydroxylation sites is 1. The van der Waals surface area contributed by atoms with Crippen molar-refractivity contribution in [2.24, 2.45) is 7.05 Å². The third-order valence-corrected chi connectivity index (χ3v) is 4.88. The highest BCUT2D eigenvalue weighted by Gasteiger charge is 2.23. The highest BCUT2D eigenvalue weighted by Crippen LogP contribution is 2.35. The predicted molar refractivity (Wildman–Crippen MR) is 92.7 cm³/mol. The molecule has 0 atom stereocenters. The Morgan fingerprint density at radius 2 is 1.88 bits per heavy atom. The molecule has 1 aliphatic rings. The molecule has 1 amide bonds. The van der Waals surface area contributed by atoms with Crippen LogP contribution >= 0.6 is 0 Å². The van der Waals surface area contributed by atoms with Crippen molar-refractivity contribution in [2.45, 2.75) is 51.4 Å². The first-order valence-corrected chi connectivity index (χ1v) is 8.67. The van der Waals surface area contributed by atoms with Crippen LogP contribution in [-0.2, 0) is 7.05 Å². The number of aromatic nitrogens is 2. The zero-order valence-electron chi connectivity index (χ0n) is 14.3. The molecule has 1 fully saturated rings. The summed E-state index contributed by atoms with van der Waals surface area (Å²) < 4.78 is 15.2. The van der Waals surface area contributed by atoms with Crippen molar-refractivity contribution in [1.82, 2.24) is 9.78 Å². The van der Waals surface area contributed by atoms with Crippen LogP contribution in [0.25, 0.3) is 0 Å². The maximum Gasteiger partial charge on any atom is 0.262 e. The van der Waals surface area contributed by atoms with Crippen molar-refractivity contribution in [3.8, 4) is 0 Å². The van der Waals surface area contributed by atoms with E-state index in [0.717, 1.165) is 28.8 Å². The Morgan fingerprint density at radius 1 is 1.21 bits per heavy atom. The molecule has 24 heavy (non-hydrogen) atoms. The van der Waals surface area contributed by atoms with Gasteiger partial charge in [-0.2, -0.15) is 9.49 Å². The van der Waals surface area contributed by atoms with E-state index in [4.69, 9.17) is 0 Å². The molecule has 1 heterocycles. The lowest BCUT2D eigenvalue weighted by molar-refractivity contribution is 0.102.